The highest BCUT2D eigenvalue weighted by atomic mass is 19.1. The normalized spacial score (nSPS) is 30.9. The summed E-state index contributed by atoms with van der Waals surface area (Å²) in [5, 5.41) is 2.71. The van der Waals surface area contributed by atoms with Crippen molar-refractivity contribution >= 4 is 0 Å². The molecular formula is C12H15F2N. The van der Waals surface area contributed by atoms with Gasteiger partial charge in [0.05, 0.1) is 0 Å². The van der Waals surface area contributed by atoms with E-state index in [1.54, 1.807) is 13.1 Å². The molecule has 2 rings (SSSR count). The Morgan fingerprint density at radius 1 is 1.47 bits per heavy atom. The van der Waals surface area contributed by atoms with Gasteiger partial charge in [0.25, 0.3) is 0 Å². The van der Waals surface area contributed by atoms with Crippen LogP contribution in [0, 0.1) is 5.92 Å². The Hall–Kier alpha value is -1.12. The third kappa shape index (κ3) is 2.28. The first kappa shape index (κ1) is 10.4. The van der Waals surface area contributed by atoms with Gasteiger partial charge in [0.2, 0.25) is 0 Å². The summed E-state index contributed by atoms with van der Waals surface area (Å²) in [4.78, 5) is 0. The predicted molar refractivity (Wildman–Crippen MR) is 56.4 cm³/mol. The van der Waals surface area contributed by atoms with Gasteiger partial charge in [0, 0.05) is 25.0 Å². The summed E-state index contributed by atoms with van der Waals surface area (Å²) in [6, 6.07) is 0. The molecule has 0 radical (unpaired) electrons. The number of allylic oxidation sites excluding steroid dienone is 5. The highest BCUT2D eigenvalue weighted by Gasteiger charge is 2.42. The maximum absolute atomic E-state index is 13.4. The number of nitrogens with one attached hydrogen (secondary N) is 1. The standard InChI is InChI=1S/C12H15F2N/c1-8-5-10(9(2)11(13)6-8)7-15-12(14)3-4-12/h5-7,9,15H,3-4H2,1-2H3/b10-7-. The van der Waals surface area contributed by atoms with E-state index in [9.17, 15) is 8.78 Å². The minimum absolute atomic E-state index is 0.160. The van der Waals surface area contributed by atoms with Crippen LogP contribution in [-0.2, 0) is 0 Å². The van der Waals surface area contributed by atoms with Crippen molar-refractivity contribution in [2.24, 2.45) is 5.92 Å². The van der Waals surface area contributed by atoms with Crippen LogP contribution in [0.4, 0.5) is 8.78 Å². The quantitative estimate of drug-likeness (QED) is 0.690. The Balaban J connectivity index is 2.11. The third-order valence-corrected chi connectivity index (χ3v) is 2.86. The van der Waals surface area contributed by atoms with Gasteiger partial charge < -0.3 is 5.32 Å². The van der Waals surface area contributed by atoms with Gasteiger partial charge in [-0.3, -0.25) is 0 Å². The number of halogens is 2. The van der Waals surface area contributed by atoms with E-state index in [0.717, 1.165) is 11.1 Å². The molecule has 15 heavy (non-hydrogen) atoms. The van der Waals surface area contributed by atoms with E-state index in [1.165, 1.54) is 6.08 Å². The highest BCUT2D eigenvalue weighted by molar-refractivity contribution is 5.39. The molecule has 1 saturated carbocycles. The molecule has 0 heterocycles. The summed E-state index contributed by atoms with van der Waals surface area (Å²) < 4.78 is 26.7. The van der Waals surface area contributed by atoms with Crippen molar-refractivity contribution in [2.75, 3.05) is 0 Å². The van der Waals surface area contributed by atoms with Crippen molar-refractivity contribution in [3.63, 3.8) is 0 Å². The summed E-state index contributed by atoms with van der Waals surface area (Å²) in [5.41, 5.74) is 1.67. The Morgan fingerprint density at radius 2 is 2.13 bits per heavy atom. The summed E-state index contributed by atoms with van der Waals surface area (Å²) in [7, 11) is 0. The summed E-state index contributed by atoms with van der Waals surface area (Å²) in [6.45, 7) is 3.61. The second kappa shape index (κ2) is 3.47. The van der Waals surface area contributed by atoms with Gasteiger partial charge in [0.15, 0.2) is 5.79 Å². The monoisotopic (exact) mass is 211 g/mol. The van der Waals surface area contributed by atoms with Gasteiger partial charge in [-0.05, 0) is 24.1 Å². The fourth-order valence-electron chi connectivity index (χ4n) is 1.56. The molecule has 1 fully saturated rings. The zero-order valence-corrected chi connectivity index (χ0v) is 8.98. The Morgan fingerprint density at radius 3 is 2.73 bits per heavy atom. The molecule has 2 aliphatic rings. The third-order valence-electron chi connectivity index (χ3n) is 2.86. The lowest BCUT2D eigenvalue weighted by molar-refractivity contribution is 0.275. The minimum atomic E-state index is -1.23. The van der Waals surface area contributed by atoms with Crippen molar-refractivity contribution in [3.8, 4) is 0 Å². The summed E-state index contributed by atoms with van der Waals surface area (Å²) in [6.07, 6.45) is 6.10. The van der Waals surface area contributed by atoms with Gasteiger partial charge in [-0.15, -0.1) is 0 Å². The van der Waals surface area contributed by atoms with Crippen molar-refractivity contribution in [1.82, 2.24) is 5.32 Å². The van der Waals surface area contributed by atoms with E-state index >= 15 is 0 Å². The number of hydrogen-bond donors (Lipinski definition) is 1. The van der Waals surface area contributed by atoms with E-state index in [1.807, 2.05) is 13.0 Å². The highest BCUT2D eigenvalue weighted by Crippen LogP contribution is 2.37. The van der Waals surface area contributed by atoms with Gasteiger partial charge >= 0.3 is 0 Å². The lowest BCUT2D eigenvalue weighted by atomic mass is 9.93. The zero-order valence-electron chi connectivity index (χ0n) is 8.98. The Bertz CT molecular complexity index is 362. The smallest absolute Gasteiger partial charge is 0.180 e. The summed E-state index contributed by atoms with van der Waals surface area (Å²) >= 11 is 0. The number of alkyl halides is 1. The van der Waals surface area contributed by atoms with Crippen molar-refractivity contribution in [1.29, 1.82) is 0 Å². The maximum atomic E-state index is 13.4. The van der Waals surface area contributed by atoms with Crippen molar-refractivity contribution in [2.45, 2.75) is 32.5 Å². The minimum Gasteiger partial charge on any atom is -0.359 e. The molecule has 0 aromatic heterocycles. The molecule has 1 unspecified atom stereocenters. The average Bonchev–Trinajstić information content (AvgIpc) is 2.88. The molecule has 0 amide bonds. The molecular weight excluding hydrogens is 196 g/mol. The van der Waals surface area contributed by atoms with E-state index in [0.29, 0.717) is 12.8 Å². The number of hydrogen-bond acceptors (Lipinski definition) is 1. The van der Waals surface area contributed by atoms with E-state index in [2.05, 4.69) is 5.32 Å². The van der Waals surface area contributed by atoms with Crippen LogP contribution in [0.2, 0.25) is 0 Å². The van der Waals surface area contributed by atoms with Crippen LogP contribution >= 0.6 is 0 Å². The first-order valence-electron chi connectivity index (χ1n) is 5.22. The van der Waals surface area contributed by atoms with Gasteiger partial charge in [0.1, 0.15) is 5.83 Å². The molecule has 82 valence electrons. The maximum Gasteiger partial charge on any atom is 0.180 e. The second-order valence-corrected chi connectivity index (χ2v) is 4.39. The molecule has 1 N–H and O–H groups in total. The van der Waals surface area contributed by atoms with Crippen LogP contribution in [0.25, 0.3) is 0 Å². The van der Waals surface area contributed by atoms with E-state index in [-0.39, 0.29) is 11.7 Å². The van der Waals surface area contributed by atoms with E-state index < -0.39 is 5.79 Å². The molecule has 0 bridgehead atoms. The molecule has 0 spiro atoms. The van der Waals surface area contributed by atoms with Crippen LogP contribution in [-0.4, -0.2) is 5.79 Å². The van der Waals surface area contributed by atoms with Crippen LogP contribution in [0.5, 0.6) is 0 Å². The SMILES string of the molecule is CC1=C/C(=C/NC2(F)CC2)C(C)C(F)=C1. The molecule has 0 aromatic carbocycles. The van der Waals surface area contributed by atoms with Gasteiger partial charge in [-0.2, -0.15) is 0 Å². The molecule has 3 heteroatoms. The molecule has 0 aliphatic heterocycles. The topological polar surface area (TPSA) is 12.0 Å². The fourth-order valence-corrected chi connectivity index (χ4v) is 1.56. The van der Waals surface area contributed by atoms with Crippen LogP contribution < -0.4 is 5.32 Å². The molecule has 2 aliphatic carbocycles. The van der Waals surface area contributed by atoms with Crippen LogP contribution in [0.1, 0.15) is 26.7 Å². The first-order chi connectivity index (χ1) is 7.00. The van der Waals surface area contributed by atoms with Gasteiger partial charge in [-0.1, -0.05) is 13.0 Å². The molecule has 1 nitrogen and oxygen atoms in total. The lowest BCUT2D eigenvalue weighted by Gasteiger charge is -2.17. The van der Waals surface area contributed by atoms with Crippen molar-refractivity contribution < 1.29 is 8.78 Å². The summed E-state index contributed by atoms with van der Waals surface area (Å²) in [5.74, 6) is -1.66. The average molecular weight is 211 g/mol. The van der Waals surface area contributed by atoms with E-state index in [4.69, 9.17) is 0 Å². The van der Waals surface area contributed by atoms with Crippen LogP contribution in [0.3, 0.4) is 0 Å². The zero-order chi connectivity index (χ0) is 11.1. The molecule has 0 saturated heterocycles. The van der Waals surface area contributed by atoms with Gasteiger partial charge in [-0.25, -0.2) is 8.78 Å². The largest absolute Gasteiger partial charge is 0.359 e. The fraction of sp³-hybridized carbons (Fsp3) is 0.500. The lowest BCUT2D eigenvalue weighted by Crippen LogP contribution is -2.21. The first-order valence-corrected chi connectivity index (χ1v) is 5.22. The molecule has 0 aromatic rings. The van der Waals surface area contributed by atoms with Crippen LogP contribution in [0.15, 0.2) is 35.3 Å². The Labute approximate surface area is 88.6 Å². The second-order valence-electron chi connectivity index (χ2n) is 4.39. The molecule has 1 atom stereocenters. The predicted octanol–water partition coefficient (Wildman–Crippen LogP) is 3.37. The Kier molecular flexibility index (Phi) is 2.41. The number of rotatable bonds is 2. The van der Waals surface area contributed by atoms with Crippen molar-refractivity contribution in [3.05, 3.63) is 35.3 Å².